The number of amides is 2. The molecule has 0 aromatic heterocycles. The number of aryl methyl sites for hydroxylation is 2. The fourth-order valence-electron chi connectivity index (χ4n) is 4.79. The van der Waals surface area contributed by atoms with Gasteiger partial charge in [0.05, 0.1) is 22.7 Å². The lowest BCUT2D eigenvalue weighted by Gasteiger charge is -2.33. The average molecular weight is 634 g/mol. The highest BCUT2D eigenvalue weighted by molar-refractivity contribution is 7.92. The molecule has 0 heterocycles. The largest absolute Gasteiger partial charge is 0.495 e. The normalized spacial score (nSPS) is 11.8. The number of benzene rings is 4. The molecule has 4 rings (SSSR count). The van der Waals surface area contributed by atoms with Crippen LogP contribution < -0.4 is 14.4 Å². The third-order valence-corrected chi connectivity index (χ3v) is 9.39. The lowest BCUT2D eigenvalue weighted by Crippen LogP contribution is -2.53. The Morgan fingerprint density at radius 3 is 2.05 bits per heavy atom. The fraction of sp³-hybridized carbons (Fsp3) is 0.235. The Morgan fingerprint density at radius 2 is 1.48 bits per heavy atom. The van der Waals surface area contributed by atoms with Crippen molar-refractivity contribution in [3.8, 4) is 5.75 Å². The van der Waals surface area contributed by atoms with Crippen molar-refractivity contribution in [2.24, 2.45) is 0 Å². The molecule has 230 valence electrons. The standard InChI is InChI=1S/C34H36ClN3O5S/c1-24-10-14-27(15-11-24)22-37(31(34(40)36-3)20-26-8-6-5-7-9-26)33(39)23-38(28-16-19-32(43-4)30(35)21-28)44(41,42)29-17-12-25(2)13-18-29/h5-19,21,31H,20,22-23H2,1-4H3,(H,36,40)/t31-/m0/s1. The number of hydrogen-bond donors (Lipinski definition) is 1. The van der Waals surface area contributed by atoms with Crippen molar-refractivity contribution < 1.29 is 22.7 Å². The summed E-state index contributed by atoms with van der Waals surface area (Å²) in [6.07, 6.45) is 0.233. The molecule has 0 unspecified atom stereocenters. The van der Waals surface area contributed by atoms with E-state index in [1.807, 2.05) is 68.4 Å². The van der Waals surface area contributed by atoms with Gasteiger partial charge < -0.3 is 15.0 Å². The maximum absolute atomic E-state index is 14.4. The van der Waals surface area contributed by atoms with Crippen LogP contribution in [0.1, 0.15) is 22.3 Å². The second kappa shape index (κ2) is 14.4. The second-order valence-electron chi connectivity index (χ2n) is 10.5. The van der Waals surface area contributed by atoms with Crippen LogP contribution in [0, 0.1) is 13.8 Å². The molecular formula is C34H36ClN3O5S. The molecule has 10 heteroatoms. The van der Waals surface area contributed by atoms with Gasteiger partial charge in [-0.25, -0.2) is 8.42 Å². The highest BCUT2D eigenvalue weighted by Crippen LogP contribution is 2.32. The molecule has 0 spiro atoms. The summed E-state index contributed by atoms with van der Waals surface area (Å²) >= 11 is 6.42. The lowest BCUT2D eigenvalue weighted by atomic mass is 10.0. The lowest BCUT2D eigenvalue weighted by molar-refractivity contribution is -0.139. The number of sulfonamides is 1. The number of halogens is 1. The number of anilines is 1. The molecule has 0 fully saturated rings. The molecule has 0 radical (unpaired) electrons. The zero-order valence-corrected chi connectivity index (χ0v) is 26.7. The first kappa shape index (κ1) is 32.6. The summed E-state index contributed by atoms with van der Waals surface area (Å²) in [4.78, 5) is 29.2. The molecule has 0 saturated carbocycles. The third kappa shape index (κ3) is 7.78. The molecule has 44 heavy (non-hydrogen) atoms. The number of hydrogen-bond acceptors (Lipinski definition) is 5. The van der Waals surface area contributed by atoms with E-state index < -0.39 is 28.5 Å². The predicted octanol–water partition coefficient (Wildman–Crippen LogP) is 5.55. The van der Waals surface area contributed by atoms with Gasteiger partial charge in [-0.1, -0.05) is 89.5 Å². The minimum atomic E-state index is -4.24. The zero-order valence-electron chi connectivity index (χ0n) is 25.2. The maximum Gasteiger partial charge on any atom is 0.264 e. The number of rotatable bonds is 12. The summed E-state index contributed by atoms with van der Waals surface area (Å²) in [5, 5.41) is 2.87. The quantitative estimate of drug-likeness (QED) is 0.221. The van der Waals surface area contributed by atoms with Gasteiger partial charge in [-0.15, -0.1) is 0 Å². The second-order valence-corrected chi connectivity index (χ2v) is 12.7. The van der Waals surface area contributed by atoms with Crippen LogP contribution in [-0.4, -0.2) is 51.9 Å². The van der Waals surface area contributed by atoms with E-state index in [1.54, 1.807) is 18.2 Å². The molecule has 4 aromatic carbocycles. The number of likely N-dealkylation sites (N-methyl/N-ethyl adjacent to an activating group) is 1. The number of carbonyl (C=O) groups is 2. The molecule has 0 aliphatic rings. The molecule has 8 nitrogen and oxygen atoms in total. The van der Waals surface area contributed by atoms with Crippen LogP contribution in [0.4, 0.5) is 5.69 Å². The molecule has 0 saturated heterocycles. The van der Waals surface area contributed by atoms with Gasteiger partial charge >= 0.3 is 0 Å². The predicted molar refractivity (Wildman–Crippen MR) is 173 cm³/mol. The van der Waals surface area contributed by atoms with E-state index in [9.17, 15) is 18.0 Å². The van der Waals surface area contributed by atoms with Gasteiger partial charge in [-0.3, -0.25) is 13.9 Å². The fourth-order valence-corrected chi connectivity index (χ4v) is 6.45. The van der Waals surface area contributed by atoms with Gasteiger partial charge in [0.2, 0.25) is 11.8 Å². The molecule has 0 aliphatic carbocycles. The van der Waals surface area contributed by atoms with Crippen LogP contribution in [0.3, 0.4) is 0 Å². The highest BCUT2D eigenvalue weighted by atomic mass is 35.5. The Kier molecular flexibility index (Phi) is 10.7. The molecule has 1 atom stereocenters. The van der Waals surface area contributed by atoms with Crippen molar-refractivity contribution in [3.05, 3.63) is 124 Å². The summed E-state index contributed by atoms with van der Waals surface area (Å²) in [5.41, 5.74) is 3.77. The van der Waals surface area contributed by atoms with Crippen molar-refractivity contribution >= 4 is 39.1 Å². The summed E-state index contributed by atoms with van der Waals surface area (Å²) in [6.45, 7) is 3.33. The van der Waals surface area contributed by atoms with Crippen LogP contribution in [0.15, 0.2) is 102 Å². The number of methoxy groups -OCH3 is 1. The smallest absolute Gasteiger partial charge is 0.264 e. The van der Waals surface area contributed by atoms with Crippen molar-refractivity contribution in [1.29, 1.82) is 0 Å². The highest BCUT2D eigenvalue weighted by Gasteiger charge is 2.34. The third-order valence-electron chi connectivity index (χ3n) is 7.30. The zero-order chi connectivity index (χ0) is 31.9. The van der Waals surface area contributed by atoms with Crippen molar-refractivity contribution in [3.63, 3.8) is 0 Å². The van der Waals surface area contributed by atoms with Gasteiger partial charge in [-0.2, -0.15) is 0 Å². The Balaban J connectivity index is 1.80. The van der Waals surface area contributed by atoms with Crippen LogP contribution in [0.2, 0.25) is 5.02 Å². The molecule has 0 bridgehead atoms. The van der Waals surface area contributed by atoms with E-state index in [4.69, 9.17) is 16.3 Å². The Hall–Kier alpha value is -4.34. The Bertz CT molecular complexity index is 1700. The van der Waals surface area contributed by atoms with Crippen LogP contribution >= 0.6 is 11.6 Å². The van der Waals surface area contributed by atoms with E-state index in [2.05, 4.69) is 5.32 Å². The Labute approximate surface area is 264 Å². The summed E-state index contributed by atoms with van der Waals surface area (Å²) in [5.74, 6) is -0.564. The monoisotopic (exact) mass is 633 g/mol. The van der Waals surface area contributed by atoms with Gasteiger partial charge in [-0.05, 0) is 55.3 Å². The molecule has 2 amide bonds. The first-order valence-corrected chi connectivity index (χ1v) is 15.9. The van der Waals surface area contributed by atoms with Crippen LogP contribution in [-0.2, 0) is 32.6 Å². The first-order chi connectivity index (χ1) is 21.0. The number of ether oxygens (including phenoxy) is 1. The summed E-state index contributed by atoms with van der Waals surface area (Å²) in [7, 11) is -1.26. The van der Waals surface area contributed by atoms with E-state index in [-0.39, 0.29) is 34.5 Å². The van der Waals surface area contributed by atoms with E-state index in [0.717, 1.165) is 26.6 Å². The first-order valence-electron chi connectivity index (χ1n) is 14.1. The number of nitrogens with zero attached hydrogens (tertiary/aromatic N) is 2. The minimum absolute atomic E-state index is 0.0139. The van der Waals surface area contributed by atoms with Crippen LogP contribution in [0.25, 0.3) is 0 Å². The van der Waals surface area contributed by atoms with Gasteiger partial charge in [0.15, 0.2) is 0 Å². The van der Waals surface area contributed by atoms with E-state index in [0.29, 0.717) is 5.75 Å². The molecule has 0 aliphatic heterocycles. The van der Waals surface area contributed by atoms with Gasteiger partial charge in [0.1, 0.15) is 18.3 Å². The van der Waals surface area contributed by atoms with Crippen LogP contribution in [0.5, 0.6) is 5.75 Å². The molecule has 1 N–H and O–H groups in total. The van der Waals surface area contributed by atoms with E-state index in [1.165, 1.54) is 43.3 Å². The van der Waals surface area contributed by atoms with Gasteiger partial charge in [0.25, 0.3) is 10.0 Å². The SMILES string of the molecule is CNC(=O)[C@H](Cc1ccccc1)N(Cc1ccc(C)cc1)C(=O)CN(c1ccc(OC)c(Cl)c1)S(=O)(=O)c1ccc(C)cc1. The van der Waals surface area contributed by atoms with Crippen molar-refractivity contribution in [1.82, 2.24) is 10.2 Å². The summed E-state index contributed by atoms with van der Waals surface area (Å²) < 4.78 is 34.5. The summed E-state index contributed by atoms with van der Waals surface area (Å²) in [6, 6.07) is 27.0. The maximum atomic E-state index is 14.4. The van der Waals surface area contributed by atoms with E-state index >= 15 is 0 Å². The average Bonchev–Trinajstić information content (AvgIpc) is 3.02. The minimum Gasteiger partial charge on any atom is -0.495 e. The van der Waals surface area contributed by atoms with Crippen molar-refractivity contribution in [2.75, 3.05) is 25.0 Å². The van der Waals surface area contributed by atoms with Crippen molar-refractivity contribution in [2.45, 2.75) is 37.8 Å². The number of carbonyl (C=O) groups excluding carboxylic acids is 2. The number of nitrogens with one attached hydrogen (secondary N) is 1. The molecule has 4 aromatic rings. The Morgan fingerprint density at radius 1 is 0.864 bits per heavy atom. The van der Waals surface area contributed by atoms with Gasteiger partial charge in [0, 0.05) is 20.0 Å². The topological polar surface area (TPSA) is 96.0 Å². The molecular weight excluding hydrogens is 598 g/mol.